The first-order valence-corrected chi connectivity index (χ1v) is 9.52. The van der Waals surface area contributed by atoms with Gasteiger partial charge in [-0.2, -0.15) is 0 Å². The van der Waals surface area contributed by atoms with Gasteiger partial charge in [-0.1, -0.05) is 57.6 Å². The van der Waals surface area contributed by atoms with E-state index in [9.17, 15) is 9.59 Å². The third-order valence-corrected chi connectivity index (χ3v) is 4.29. The van der Waals surface area contributed by atoms with Crippen LogP contribution < -0.4 is 0 Å². The van der Waals surface area contributed by atoms with Crippen molar-refractivity contribution in [3.63, 3.8) is 0 Å². The highest BCUT2D eigenvalue weighted by atomic mass is 16.5. The van der Waals surface area contributed by atoms with E-state index in [1.165, 1.54) is 39.2 Å². The molecule has 0 saturated carbocycles. The molecule has 0 aliphatic carbocycles. The summed E-state index contributed by atoms with van der Waals surface area (Å²) in [6, 6.07) is 0. The van der Waals surface area contributed by atoms with Gasteiger partial charge in [0.25, 0.3) is 0 Å². The molecule has 1 atom stereocenters. The van der Waals surface area contributed by atoms with Crippen molar-refractivity contribution in [1.82, 2.24) is 0 Å². The normalized spacial score (nSPS) is 12.4. The molecule has 0 bridgehead atoms. The van der Waals surface area contributed by atoms with Gasteiger partial charge in [0.05, 0.1) is 13.0 Å². The van der Waals surface area contributed by atoms with Crippen molar-refractivity contribution in [1.29, 1.82) is 0 Å². The van der Waals surface area contributed by atoms with Crippen LogP contribution in [0.4, 0.5) is 0 Å². The lowest BCUT2D eigenvalue weighted by Gasteiger charge is -2.08. The van der Waals surface area contributed by atoms with Crippen molar-refractivity contribution in [3.05, 3.63) is 12.2 Å². The van der Waals surface area contributed by atoms with E-state index in [0.29, 0.717) is 6.42 Å². The highest BCUT2D eigenvalue weighted by molar-refractivity contribution is 5.71. The maximum Gasteiger partial charge on any atom is 0.308 e. The second kappa shape index (κ2) is 16.5. The monoisotopic (exact) mass is 340 g/mol. The van der Waals surface area contributed by atoms with Crippen LogP contribution in [0.15, 0.2) is 12.2 Å². The molecule has 0 aromatic rings. The van der Waals surface area contributed by atoms with Crippen molar-refractivity contribution < 1.29 is 19.4 Å². The Morgan fingerprint density at radius 1 is 0.875 bits per heavy atom. The number of aliphatic carboxylic acids is 1. The van der Waals surface area contributed by atoms with E-state index in [-0.39, 0.29) is 11.9 Å². The lowest BCUT2D eigenvalue weighted by molar-refractivity contribution is -0.145. The quantitative estimate of drug-likeness (QED) is 0.229. The largest absolute Gasteiger partial charge is 0.481 e. The average molecular weight is 341 g/mol. The Morgan fingerprint density at radius 2 is 1.38 bits per heavy atom. The number of rotatable bonds is 16. The van der Waals surface area contributed by atoms with Crippen LogP contribution in [0.1, 0.15) is 90.4 Å². The first-order chi connectivity index (χ1) is 11.6. The van der Waals surface area contributed by atoms with Crippen LogP contribution in [0.3, 0.4) is 0 Å². The molecule has 1 N–H and O–H groups in total. The fourth-order valence-electron chi connectivity index (χ4n) is 2.69. The van der Waals surface area contributed by atoms with E-state index < -0.39 is 5.97 Å². The minimum Gasteiger partial charge on any atom is -0.481 e. The summed E-state index contributed by atoms with van der Waals surface area (Å²) in [6.07, 6.45) is 18.2. The van der Waals surface area contributed by atoms with Crippen molar-refractivity contribution in [2.24, 2.45) is 5.92 Å². The van der Waals surface area contributed by atoms with Crippen LogP contribution in [0, 0.1) is 5.92 Å². The topological polar surface area (TPSA) is 63.6 Å². The Bertz CT molecular complexity index is 350. The summed E-state index contributed by atoms with van der Waals surface area (Å²) in [4.78, 5) is 21.6. The van der Waals surface area contributed by atoms with E-state index >= 15 is 0 Å². The van der Waals surface area contributed by atoms with E-state index in [1.54, 1.807) is 0 Å². The molecular formula is C20H36O4. The van der Waals surface area contributed by atoms with Crippen LogP contribution in [-0.2, 0) is 14.3 Å². The Kier molecular flexibility index (Phi) is 15.6. The number of hydrogen-bond donors (Lipinski definition) is 1. The molecule has 0 spiro atoms. The zero-order valence-corrected chi connectivity index (χ0v) is 15.6. The number of carboxylic acid groups (broad SMARTS) is 1. The Balaban J connectivity index is 3.24. The number of ether oxygens (including phenoxy) is 1. The summed E-state index contributed by atoms with van der Waals surface area (Å²) in [5.74, 6) is -0.755. The van der Waals surface area contributed by atoms with Crippen LogP contribution in [0.2, 0.25) is 0 Å². The van der Waals surface area contributed by atoms with Gasteiger partial charge in [0.15, 0.2) is 0 Å². The predicted octanol–water partition coefficient (Wildman–Crippen LogP) is 5.51. The van der Waals surface area contributed by atoms with Crippen molar-refractivity contribution in [2.45, 2.75) is 90.4 Å². The minimum absolute atomic E-state index is 0.0269. The summed E-state index contributed by atoms with van der Waals surface area (Å²) in [6.45, 7) is 1.93. The van der Waals surface area contributed by atoms with Crippen molar-refractivity contribution in [3.8, 4) is 0 Å². The molecule has 0 aromatic carbocycles. The summed E-state index contributed by atoms with van der Waals surface area (Å²) in [5, 5.41) is 8.53. The summed E-state index contributed by atoms with van der Waals surface area (Å²) in [7, 11) is 1.45. The second-order valence-corrected chi connectivity index (χ2v) is 6.59. The summed E-state index contributed by atoms with van der Waals surface area (Å²) in [5.41, 5.74) is 0. The molecule has 0 aliphatic heterocycles. The van der Waals surface area contributed by atoms with Crippen LogP contribution in [0.5, 0.6) is 0 Å². The standard InChI is InChI=1S/C20H36O4/c1-18(20(23)24-2)16-14-12-10-8-6-4-3-5-7-9-11-13-15-17-19(21)22/h3-4,18H,5-17H2,1-2H3,(H,21,22). The molecule has 1 unspecified atom stereocenters. The summed E-state index contributed by atoms with van der Waals surface area (Å²) < 4.78 is 4.72. The Morgan fingerprint density at radius 3 is 1.92 bits per heavy atom. The van der Waals surface area contributed by atoms with Crippen LogP contribution in [0.25, 0.3) is 0 Å². The number of allylic oxidation sites excluding steroid dienone is 2. The summed E-state index contributed by atoms with van der Waals surface area (Å²) >= 11 is 0. The maximum absolute atomic E-state index is 11.2. The molecular weight excluding hydrogens is 304 g/mol. The minimum atomic E-state index is -0.684. The molecule has 24 heavy (non-hydrogen) atoms. The zero-order chi connectivity index (χ0) is 18.0. The van der Waals surface area contributed by atoms with Gasteiger partial charge in [-0.25, -0.2) is 0 Å². The SMILES string of the molecule is COC(=O)C(C)CCCCCCC=CCCCCCCCC(=O)O. The van der Waals surface area contributed by atoms with Gasteiger partial charge in [0, 0.05) is 6.42 Å². The van der Waals surface area contributed by atoms with Gasteiger partial charge in [0.1, 0.15) is 0 Å². The first kappa shape index (κ1) is 22.7. The van der Waals surface area contributed by atoms with Crippen LogP contribution in [-0.4, -0.2) is 24.2 Å². The molecule has 0 rings (SSSR count). The van der Waals surface area contributed by atoms with E-state index in [1.807, 2.05) is 6.92 Å². The molecule has 0 radical (unpaired) electrons. The Labute approximate surface area is 147 Å². The van der Waals surface area contributed by atoms with Gasteiger partial charge in [-0.3, -0.25) is 9.59 Å². The molecule has 0 aromatic heterocycles. The predicted molar refractivity (Wildman–Crippen MR) is 98.0 cm³/mol. The van der Waals surface area contributed by atoms with E-state index in [2.05, 4.69) is 12.2 Å². The average Bonchev–Trinajstić information content (AvgIpc) is 2.57. The van der Waals surface area contributed by atoms with Crippen LogP contribution >= 0.6 is 0 Å². The van der Waals surface area contributed by atoms with Gasteiger partial charge < -0.3 is 9.84 Å². The third kappa shape index (κ3) is 15.6. The van der Waals surface area contributed by atoms with Crippen molar-refractivity contribution in [2.75, 3.05) is 7.11 Å². The molecule has 4 nitrogen and oxygen atoms in total. The number of carbonyl (C=O) groups excluding carboxylic acids is 1. The highest BCUT2D eigenvalue weighted by Crippen LogP contribution is 2.13. The van der Waals surface area contributed by atoms with Gasteiger partial charge in [-0.05, 0) is 38.5 Å². The van der Waals surface area contributed by atoms with Gasteiger partial charge in [0.2, 0.25) is 0 Å². The molecule has 0 amide bonds. The van der Waals surface area contributed by atoms with Gasteiger partial charge in [-0.15, -0.1) is 0 Å². The number of esters is 1. The zero-order valence-electron chi connectivity index (χ0n) is 15.6. The molecule has 0 fully saturated rings. The second-order valence-electron chi connectivity index (χ2n) is 6.59. The maximum atomic E-state index is 11.2. The Hall–Kier alpha value is -1.32. The smallest absolute Gasteiger partial charge is 0.308 e. The van der Waals surface area contributed by atoms with E-state index in [0.717, 1.165) is 44.9 Å². The number of unbranched alkanes of at least 4 members (excludes halogenated alkanes) is 9. The number of carbonyl (C=O) groups is 2. The molecule has 0 saturated heterocycles. The highest BCUT2D eigenvalue weighted by Gasteiger charge is 2.11. The molecule has 140 valence electrons. The first-order valence-electron chi connectivity index (χ1n) is 9.52. The molecule has 4 heteroatoms. The third-order valence-electron chi connectivity index (χ3n) is 4.29. The molecule has 0 heterocycles. The number of methoxy groups -OCH3 is 1. The lowest BCUT2D eigenvalue weighted by atomic mass is 10.0. The van der Waals surface area contributed by atoms with Crippen molar-refractivity contribution >= 4 is 11.9 Å². The van der Waals surface area contributed by atoms with E-state index in [4.69, 9.17) is 9.84 Å². The molecule has 0 aliphatic rings. The lowest BCUT2D eigenvalue weighted by Crippen LogP contribution is -2.12. The number of carboxylic acids is 1. The fraction of sp³-hybridized carbons (Fsp3) is 0.800. The van der Waals surface area contributed by atoms with Gasteiger partial charge >= 0.3 is 11.9 Å². The fourth-order valence-corrected chi connectivity index (χ4v) is 2.69. The number of hydrogen-bond acceptors (Lipinski definition) is 3.